The number of rotatable bonds is 7. The van der Waals surface area contributed by atoms with Crippen LogP contribution in [-0.2, 0) is 17.6 Å². The Labute approximate surface area is 184 Å². The van der Waals surface area contributed by atoms with Crippen LogP contribution in [0.5, 0.6) is 11.5 Å². The summed E-state index contributed by atoms with van der Waals surface area (Å²) >= 11 is 3.29. The number of ether oxygens (including phenoxy) is 2. The highest BCUT2D eigenvalue weighted by Gasteiger charge is 2.25. The molecule has 4 rings (SSSR count). The molecule has 1 amide bonds. The van der Waals surface area contributed by atoms with Crippen molar-refractivity contribution in [1.82, 2.24) is 9.97 Å². The SMILES string of the molecule is CCC(Sc1ncnc2sc3c(c12)CCCC3)C(=O)Nc1cc(OC)ccc1OC. The summed E-state index contributed by atoms with van der Waals surface area (Å²) in [4.78, 5) is 24.6. The first-order valence-electron chi connectivity index (χ1n) is 10.1. The molecule has 1 unspecified atom stereocenters. The largest absolute Gasteiger partial charge is 0.497 e. The van der Waals surface area contributed by atoms with E-state index in [1.807, 2.05) is 6.92 Å². The van der Waals surface area contributed by atoms with Crippen molar-refractivity contribution in [3.63, 3.8) is 0 Å². The predicted molar refractivity (Wildman–Crippen MR) is 122 cm³/mol. The van der Waals surface area contributed by atoms with Crippen molar-refractivity contribution in [2.75, 3.05) is 19.5 Å². The van der Waals surface area contributed by atoms with Gasteiger partial charge in [0, 0.05) is 16.3 Å². The lowest BCUT2D eigenvalue weighted by molar-refractivity contribution is -0.115. The molecule has 0 fully saturated rings. The van der Waals surface area contributed by atoms with E-state index in [2.05, 4.69) is 15.3 Å². The average molecular weight is 444 g/mol. The monoisotopic (exact) mass is 443 g/mol. The highest BCUT2D eigenvalue weighted by molar-refractivity contribution is 8.00. The molecule has 2 aromatic heterocycles. The first-order chi connectivity index (χ1) is 14.6. The topological polar surface area (TPSA) is 73.3 Å². The van der Waals surface area contributed by atoms with E-state index >= 15 is 0 Å². The molecule has 158 valence electrons. The average Bonchev–Trinajstić information content (AvgIpc) is 3.16. The number of carbonyl (C=O) groups excluding carboxylic acids is 1. The summed E-state index contributed by atoms with van der Waals surface area (Å²) in [6.07, 6.45) is 6.92. The zero-order valence-electron chi connectivity index (χ0n) is 17.4. The molecule has 0 saturated heterocycles. The van der Waals surface area contributed by atoms with Gasteiger partial charge in [0.05, 0.1) is 25.2 Å². The molecule has 1 aromatic carbocycles. The Kier molecular flexibility index (Phi) is 6.43. The molecule has 30 heavy (non-hydrogen) atoms. The fourth-order valence-corrected chi connectivity index (χ4v) is 6.07. The zero-order valence-corrected chi connectivity index (χ0v) is 19.0. The lowest BCUT2D eigenvalue weighted by Gasteiger charge is -2.17. The summed E-state index contributed by atoms with van der Waals surface area (Å²) in [5.74, 6) is 1.18. The highest BCUT2D eigenvalue weighted by atomic mass is 32.2. The molecule has 2 heterocycles. The molecule has 0 bridgehead atoms. The van der Waals surface area contributed by atoms with Gasteiger partial charge in [0.15, 0.2) is 0 Å². The van der Waals surface area contributed by atoms with Gasteiger partial charge in [-0.3, -0.25) is 4.79 Å². The summed E-state index contributed by atoms with van der Waals surface area (Å²) in [7, 11) is 3.18. The number of aryl methyl sites for hydroxylation is 2. The molecular formula is C22H25N3O3S2. The predicted octanol–water partition coefficient (Wildman–Crippen LogP) is 5.10. The van der Waals surface area contributed by atoms with E-state index in [0.29, 0.717) is 23.6 Å². The molecule has 0 saturated carbocycles. The van der Waals surface area contributed by atoms with Gasteiger partial charge in [0.2, 0.25) is 5.91 Å². The quantitative estimate of drug-likeness (QED) is 0.405. The van der Waals surface area contributed by atoms with Crippen LogP contribution in [0.25, 0.3) is 10.2 Å². The van der Waals surface area contributed by atoms with E-state index < -0.39 is 0 Å². The molecule has 0 spiro atoms. The lowest BCUT2D eigenvalue weighted by atomic mass is 9.97. The van der Waals surface area contributed by atoms with Gasteiger partial charge in [-0.1, -0.05) is 18.7 Å². The van der Waals surface area contributed by atoms with Crippen molar-refractivity contribution in [2.45, 2.75) is 49.3 Å². The zero-order chi connectivity index (χ0) is 21.1. The van der Waals surface area contributed by atoms with Crippen molar-refractivity contribution in [2.24, 2.45) is 0 Å². The van der Waals surface area contributed by atoms with Gasteiger partial charge in [-0.2, -0.15) is 0 Å². The van der Waals surface area contributed by atoms with E-state index in [9.17, 15) is 4.79 Å². The third-order valence-corrected chi connectivity index (χ3v) is 7.86. The van der Waals surface area contributed by atoms with Crippen molar-refractivity contribution in [1.29, 1.82) is 0 Å². The normalized spacial score (nSPS) is 14.2. The number of nitrogens with zero attached hydrogens (tertiary/aromatic N) is 2. The maximum absolute atomic E-state index is 13.1. The fraction of sp³-hybridized carbons (Fsp3) is 0.409. The number of methoxy groups -OCH3 is 2. The van der Waals surface area contributed by atoms with Gasteiger partial charge in [0.25, 0.3) is 0 Å². The third kappa shape index (κ3) is 4.11. The lowest BCUT2D eigenvalue weighted by Crippen LogP contribution is -2.25. The molecule has 8 heteroatoms. The number of amides is 1. The Morgan fingerprint density at radius 3 is 2.83 bits per heavy atom. The Hall–Kier alpha value is -2.32. The summed E-state index contributed by atoms with van der Waals surface area (Å²) in [5, 5.41) is 4.77. The molecule has 3 aromatic rings. The summed E-state index contributed by atoms with van der Waals surface area (Å²) in [6, 6.07) is 5.36. The number of anilines is 1. The van der Waals surface area contributed by atoms with Crippen molar-refractivity contribution < 1.29 is 14.3 Å². The second-order valence-corrected chi connectivity index (χ2v) is 9.42. The Balaban J connectivity index is 1.60. The maximum atomic E-state index is 13.1. The van der Waals surface area contributed by atoms with E-state index in [1.165, 1.54) is 35.0 Å². The Bertz CT molecular complexity index is 1070. The molecular weight excluding hydrogens is 418 g/mol. The standard InChI is InChI=1S/C22H25N3O3S2/c1-4-17(20(26)25-15-11-13(27-2)9-10-16(15)28-3)29-21-19-14-7-5-6-8-18(14)30-22(19)24-12-23-21/h9-12,17H,4-8H2,1-3H3,(H,25,26). The summed E-state index contributed by atoms with van der Waals surface area (Å²) < 4.78 is 10.7. The van der Waals surface area contributed by atoms with Gasteiger partial charge in [-0.05, 0) is 49.8 Å². The fourth-order valence-electron chi connectivity index (χ4n) is 3.73. The van der Waals surface area contributed by atoms with E-state index in [4.69, 9.17) is 9.47 Å². The number of carbonyl (C=O) groups is 1. The van der Waals surface area contributed by atoms with Crippen LogP contribution >= 0.6 is 23.1 Å². The van der Waals surface area contributed by atoms with Crippen LogP contribution < -0.4 is 14.8 Å². The number of thioether (sulfide) groups is 1. The van der Waals surface area contributed by atoms with Gasteiger partial charge < -0.3 is 14.8 Å². The molecule has 6 nitrogen and oxygen atoms in total. The smallest absolute Gasteiger partial charge is 0.238 e. The van der Waals surface area contributed by atoms with Crippen LogP contribution in [0.3, 0.4) is 0 Å². The van der Waals surface area contributed by atoms with Gasteiger partial charge >= 0.3 is 0 Å². The minimum atomic E-state index is -0.279. The molecule has 1 N–H and O–H groups in total. The second kappa shape index (κ2) is 9.22. The molecule has 0 radical (unpaired) electrons. The Morgan fingerprint density at radius 2 is 2.07 bits per heavy atom. The summed E-state index contributed by atoms with van der Waals surface area (Å²) in [6.45, 7) is 2.02. The number of hydrogen-bond acceptors (Lipinski definition) is 7. The molecule has 0 aliphatic heterocycles. The molecule has 1 aliphatic carbocycles. The first-order valence-corrected chi connectivity index (χ1v) is 11.8. The number of fused-ring (bicyclic) bond motifs is 3. The second-order valence-electron chi connectivity index (χ2n) is 7.14. The molecule has 1 aliphatic rings. The van der Waals surface area contributed by atoms with Crippen LogP contribution in [0.2, 0.25) is 0 Å². The van der Waals surface area contributed by atoms with E-state index in [1.54, 1.807) is 50.1 Å². The minimum Gasteiger partial charge on any atom is -0.497 e. The maximum Gasteiger partial charge on any atom is 0.238 e. The van der Waals surface area contributed by atoms with Gasteiger partial charge in [0.1, 0.15) is 27.7 Å². The van der Waals surface area contributed by atoms with Crippen molar-refractivity contribution in [3.05, 3.63) is 35.0 Å². The van der Waals surface area contributed by atoms with Gasteiger partial charge in [-0.25, -0.2) is 9.97 Å². The van der Waals surface area contributed by atoms with Crippen LogP contribution in [0.15, 0.2) is 29.6 Å². The Morgan fingerprint density at radius 1 is 1.23 bits per heavy atom. The van der Waals surface area contributed by atoms with Crippen LogP contribution in [-0.4, -0.2) is 35.3 Å². The summed E-state index contributed by atoms with van der Waals surface area (Å²) in [5.41, 5.74) is 1.98. The van der Waals surface area contributed by atoms with Gasteiger partial charge in [-0.15, -0.1) is 11.3 Å². The van der Waals surface area contributed by atoms with Crippen LogP contribution in [0.4, 0.5) is 5.69 Å². The van der Waals surface area contributed by atoms with E-state index in [0.717, 1.165) is 28.1 Å². The minimum absolute atomic E-state index is 0.0788. The van der Waals surface area contributed by atoms with Crippen molar-refractivity contribution >= 4 is 44.9 Å². The number of aromatic nitrogens is 2. The third-order valence-electron chi connectivity index (χ3n) is 5.30. The number of benzene rings is 1. The van der Waals surface area contributed by atoms with E-state index in [-0.39, 0.29) is 11.2 Å². The molecule has 1 atom stereocenters. The van der Waals surface area contributed by atoms with Crippen LogP contribution in [0.1, 0.15) is 36.6 Å². The number of hydrogen-bond donors (Lipinski definition) is 1. The van der Waals surface area contributed by atoms with Crippen molar-refractivity contribution in [3.8, 4) is 11.5 Å². The highest BCUT2D eigenvalue weighted by Crippen LogP contribution is 2.40. The van der Waals surface area contributed by atoms with Crippen LogP contribution in [0, 0.1) is 0 Å². The number of nitrogens with one attached hydrogen (secondary N) is 1. The first kappa shape index (κ1) is 20.9. The number of thiophene rings is 1.